The van der Waals surface area contributed by atoms with E-state index in [9.17, 15) is 0 Å². The van der Waals surface area contributed by atoms with Gasteiger partial charge in [0, 0.05) is 7.05 Å². The van der Waals surface area contributed by atoms with Crippen LogP contribution in [0.2, 0.25) is 19.6 Å². The summed E-state index contributed by atoms with van der Waals surface area (Å²) in [6.07, 6.45) is 6.16. The van der Waals surface area contributed by atoms with Crippen LogP contribution < -0.4 is 0 Å². The van der Waals surface area contributed by atoms with E-state index in [0.717, 1.165) is 0 Å². The summed E-state index contributed by atoms with van der Waals surface area (Å²) in [5.41, 5.74) is 5.76. The number of benzene rings is 1. The molecule has 23 heavy (non-hydrogen) atoms. The molecule has 0 amide bonds. The molecule has 0 aromatic heterocycles. The van der Waals surface area contributed by atoms with Gasteiger partial charge in [-0.05, 0) is 54.3 Å². The number of hydrogen-bond acceptors (Lipinski definition) is 1. The molecule has 0 aliphatic carbocycles. The zero-order chi connectivity index (χ0) is 17.4. The molecule has 1 aliphatic heterocycles. The Kier molecular flexibility index (Phi) is 5.25. The van der Waals surface area contributed by atoms with Crippen LogP contribution in [-0.2, 0) is 0 Å². The van der Waals surface area contributed by atoms with Gasteiger partial charge in [0.05, 0.1) is 14.1 Å². The second-order valence-corrected chi connectivity index (χ2v) is 13.6. The van der Waals surface area contributed by atoms with Gasteiger partial charge in [0.2, 0.25) is 0 Å². The van der Waals surface area contributed by atoms with Gasteiger partial charge < -0.3 is 4.90 Å². The van der Waals surface area contributed by atoms with Crippen LogP contribution in [0.15, 0.2) is 41.2 Å². The molecule has 2 rings (SSSR count). The van der Waals surface area contributed by atoms with Crippen molar-refractivity contribution in [2.24, 2.45) is 5.92 Å². The lowest BCUT2D eigenvalue weighted by Crippen LogP contribution is -2.32. The third kappa shape index (κ3) is 4.17. The molecule has 1 atom stereocenters. The lowest BCUT2D eigenvalue weighted by atomic mass is 9.92. The summed E-state index contributed by atoms with van der Waals surface area (Å²) in [7, 11) is 0.899. The second-order valence-electron chi connectivity index (χ2n) is 8.55. The van der Waals surface area contributed by atoms with Crippen LogP contribution in [0, 0.1) is 19.8 Å². The van der Waals surface area contributed by atoms with Gasteiger partial charge in [-0.25, -0.2) is 0 Å². The van der Waals surface area contributed by atoms with E-state index in [1.165, 1.54) is 23.1 Å². The van der Waals surface area contributed by atoms with Gasteiger partial charge in [-0.2, -0.15) is 0 Å². The largest absolute Gasteiger partial charge is 0.370 e. The highest BCUT2D eigenvalue weighted by atomic mass is 28.3. The van der Waals surface area contributed by atoms with E-state index < -0.39 is 8.07 Å². The fourth-order valence-electron chi connectivity index (χ4n) is 3.52. The Hall–Kier alpha value is -1.28. The van der Waals surface area contributed by atoms with E-state index in [1.807, 2.05) is 0 Å². The van der Waals surface area contributed by atoms with Gasteiger partial charge in [-0.15, -0.1) is 0 Å². The highest BCUT2D eigenvalue weighted by molar-refractivity contribution is 6.84. The van der Waals surface area contributed by atoms with Crippen molar-refractivity contribution in [2.45, 2.75) is 59.8 Å². The van der Waals surface area contributed by atoms with Gasteiger partial charge in [0.25, 0.3) is 0 Å². The summed E-state index contributed by atoms with van der Waals surface area (Å²) in [5, 5.41) is 1.62. The Morgan fingerprint density at radius 2 is 1.78 bits per heavy atom. The first-order valence-corrected chi connectivity index (χ1v) is 12.3. The van der Waals surface area contributed by atoms with E-state index in [1.54, 1.807) is 10.8 Å². The third-order valence-corrected chi connectivity index (χ3v) is 6.72. The zero-order valence-electron chi connectivity index (χ0n) is 16.2. The monoisotopic (exact) mass is 327 g/mol. The highest BCUT2D eigenvalue weighted by Crippen LogP contribution is 2.37. The molecule has 0 radical (unpaired) electrons. The van der Waals surface area contributed by atoms with Crippen LogP contribution in [-0.4, -0.2) is 20.0 Å². The fourth-order valence-corrected chi connectivity index (χ4v) is 5.26. The molecule has 1 heterocycles. The van der Waals surface area contributed by atoms with Crippen molar-refractivity contribution in [3.63, 3.8) is 0 Å². The van der Waals surface area contributed by atoms with Crippen LogP contribution in [0.4, 0.5) is 0 Å². The SMILES string of the molecule is Cc1ccc(C2C=C(CC(C)C)C([Si](C)(C)C)=CN2C)c(C)c1. The van der Waals surface area contributed by atoms with Crippen molar-refractivity contribution in [3.8, 4) is 0 Å². The van der Waals surface area contributed by atoms with E-state index in [0.29, 0.717) is 12.0 Å². The number of allylic oxidation sites excluding steroid dienone is 2. The summed E-state index contributed by atoms with van der Waals surface area (Å²) < 4.78 is 0. The maximum Gasteiger partial charge on any atom is 0.0798 e. The maximum atomic E-state index is 2.53. The first-order valence-electron chi connectivity index (χ1n) is 8.82. The van der Waals surface area contributed by atoms with Gasteiger partial charge in [0.1, 0.15) is 0 Å². The minimum Gasteiger partial charge on any atom is -0.370 e. The van der Waals surface area contributed by atoms with Crippen molar-refractivity contribution < 1.29 is 0 Å². The molecule has 1 aromatic rings. The van der Waals surface area contributed by atoms with Crippen LogP contribution >= 0.6 is 0 Å². The number of nitrogens with zero attached hydrogens (tertiary/aromatic N) is 1. The van der Waals surface area contributed by atoms with Crippen molar-refractivity contribution in [1.29, 1.82) is 0 Å². The summed E-state index contributed by atoms with van der Waals surface area (Å²) >= 11 is 0. The quantitative estimate of drug-likeness (QED) is 0.611. The molecule has 1 nitrogen and oxygen atoms in total. The second kappa shape index (κ2) is 6.68. The maximum absolute atomic E-state index is 2.53. The Balaban J connectivity index is 2.47. The standard InChI is InChI=1S/C21H33NSi/c1-15(2)11-18-13-20(19-10-9-16(3)12-17(19)4)22(5)14-21(18)23(6,7)8/h9-10,12-15,20H,11H2,1-8H3. The van der Waals surface area contributed by atoms with Crippen LogP contribution in [0.25, 0.3) is 0 Å². The molecule has 2 heteroatoms. The molecular weight excluding hydrogens is 294 g/mol. The fraction of sp³-hybridized carbons (Fsp3) is 0.524. The lowest BCUT2D eigenvalue weighted by Gasteiger charge is -2.37. The molecule has 0 spiro atoms. The predicted octanol–water partition coefficient (Wildman–Crippen LogP) is 6.02. The molecule has 0 saturated heterocycles. The first-order chi connectivity index (χ1) is 10.6. The number of hydrogen-bond donors (Lipinski definition) is 0. The topological polar surface area (TPSA) is 3.24 Å². The first kappa shape index (κ1) is 18.1. The van der Waals surface area contributed by atoms with E-state index in [4.69, 9.17) is 0 Å². The van der Waals surface area contributed by atoms with Crippen molar-refractivity contribution in [1.82, 2.24) is 4.90 Å². The Morgan fingerprint density at radius 1 is 1.13 bits per heavy atom. The summed E-state index contributed by atoms with van der Waals surface area (Å²) in [6.45, 7) is 16.4. The minimum absolute atomic E-state index is 0.365. The number of likely N-dealkylation sites (N-methyl/N-ethyl adjacent to an activating group) is 1. The van der Waals surface area contributed by atoms with Crippen molar-refractivity contribution in [2.75, 3.05) is 7.05 Å². The summed E-state index contributed by atoms with van der Waals surface area (Å²) in [4.78, 5) is 2.41. The van der Waals surface area contributed by atoms with Gasteiger partial charge in [-0.1, -0.05) is 63.3 Å². The van der Waals surface area contributed by atoms with Crippen LogP contribution in [0.3, 0.4) is 0 Å². The molecule has 0 saturated carbocycles. The molecule has 126 valence electrons. The van der Waals surface area contributed by atoms with E-state index in [-0.39, 0.29) is 0 Å². The molecular formula is C21H33NSi. The lowest BCUT2D eigenvalue weighted by molar-refractivity contribution is 0.382. The molecule has 0 N–H and O–H groups in total. The Labute approximate surface area is 144 Å². The minimum atomic E-state index is -1.33. The van der Waals surface area contributed by atoms with Crippen molar-refractivity contribution in [3.05, 3.63) is 57.9 Å². The smallest absolute Gasteiger partial charge is 0.0798 e. The average Bonchev–Trinajstić information content (AvgIpc) is 2.39. The van der Waals surface area contributed by atoms with E-state index >= 15 is 0 Å². The highest BCUT2D eigenvalue weighted by Gasteiger charge is 2.29. The number of aryl methyl sites for hydroxylation is 2. The zero-order valence-corrected chi connectivity index (χ0v) is 17.2. The van der Waals surface area contributed by atoms with Crippen LogP contribution in [0.5, 0.6) is 0 Å². The Morgan fingerprint density at radius 3 is 2.30 bits per heavy atom. The van der Waals surface area contributed by atoms with Crippen molar-refractivity contribution >= 4 is 8.07 Å². The van der Waals surface area contributed by atoms with Crippen LogP contribution in [0.1, 0.15) is 43.0 Å². The van der Waals surface area contributed by atoms with Gasteiger partial charge in [0.15, 0.2) is 0 Å². The van der Waals surface area contributed by atoms with Gasteiger partial charge in [-0.3, -0.25) is 0 Å². The molecule has 1 aromatic carbocycles. The number of rotatable bonds is 4. The summed E-state index contributed by atoms with van der Waals surface area (Å²) in [6, 6.07) is 7.22. The average molecular weight is 328 g/mol. The van der Waals surface area contributed by atoms with E-state index in [2.05, 4.69) is 89.8 Å². The molecule has 0 bridgehead atoms. The molecule has 1 unspecified atom stereocenters. The molecule has 1 aliphatic rings. The Bertz CT molecular complexity index is 632. The van der Waals surface area contributed by atoms with Gasteiger partial charge >= 0.3 is 0 Å². The summed E-state index contributed by atoms with van der Waals surface area (Å²) in [5.74, 6) is 0.698. The predicted molar refractivity (Wildman–Crippen MR) is 105 cm³/mol. The third-order valence-electron chi connectivity index (χ3n) is 4.66. The molecule has 0 fully saturated rings. The normalized spacial score (nSPS) is 19.0.